The molecule has 0 radical (unpaired) electrons. The Labute approximate surface area is 124 Å². The number of hydrogen-bond donors (Lipinski definition) is 1. The van der Waals surface area contributed by atoms with Crippen LogP contribution in [0.15, 0.2) is 30.3 Å². The molecule has 0 aliphatic rings. The Morgan fingerprint density at radius 1 is 1.20 bits per heavy atom. The summed E-state index contributed by atoms with van der Waals surface area (Å²) in [7, 11) is 3.88. The fraction of sp³-hybridized carbons (Fsp3) is 0.333. The van der Waals surface area contributed by atoms with Crippen LogP contribution < -0.4 is 10.2 Å². The molecule has 0 amide bonds. The van der Waals surface area contributed by atoms with Gasteiger partial charge in [-0.2, -0.15) is 0 Å². The first-order valence-electron chi connectivity index (χ1n) is 6.54. The Morgan fingerprint density at radius 3 is 2.70 bits per heavy atom. The Kier molecular flexibility index (Phi) is 4.93. The highest BCUT2D eigenvalue weighted by Crippen LogP contribution is 2.19. The van der Waals surface area contributed by atoms with Gasteiger partial charge in [-0.3, -0.25) is 4.98 Å². The number of hydrogen-bond acceptors (Lipinski definition) is 4. The monoisotopic (exact) mass is 290 g/mol. The number of nitrogens with one attached hydrogen (secondary N) is 1. The summed E-state index contributed by atoms with van der Waals surface area (Å²) in [6.45, 7) is 3.37. The molecule has 2 aromatic rings. The second kappa shape index (κ2) is 6.68. The maximum Gasteiger partial charge on any atom is 0.129 e. The summed E-state index contributed by atoms with van der Waals surface area (Å²) in [6, 6.07) is 9.85. The molecule has 0 unspecified atom stereocenters. The SMILES string of the molecule is CNCc1nc(N(C)Cc2cccc(C)n2)ccc1Cl. The zero-order valence-electron chi connectivity index (χ0n) is 12.0. The molecule has 0 saturated heterocycles. The van der Waals surface area contributed by atoms with Crippen molar-refractivity contribution in [1.82, 2.24) is 15.3 Å². The zero-order valence-corrected chi connectivity index (χ0v) is 12.8. The number of pyridine rings is 2. The predicted octanol–water partition coefficient (Wildman–Crippen LogP) is 2.79. The second-order valence-electron chi connectivity index (χ2n) is 4.75. The maximum atomic E-state index is 6.13. The van der Waals surface area contributed by atoms with Crippen molar-refractivity contribution in [3.05, 3.63) is 52.4 Å². The van der Waals surface area contributed by atoms with Crippen molar-refractivity contribution in [2.75, 3.05) is 19.0 Å². The van der Waals surface area contributed by atoms with Crippen LogP contribution in [0.4, 0.5) is 5.82 Å². The van der Waals surface area contributed by atoms with Crippen LogP contribution in [0.1, 0.15) is 17.1 Å². The summed E-state index contributed by atoms with van der Waals surface area (Å²) < 4.78 is 0. The van der Waals surface area contributed by atoms with Crippen LogP contribution in [0.3, 0.4) is 0 Å². The molecule has 0 aliphatic carbocycles. The first-order chi connectivity index (χ1) is 9.60. The zero-order chi connectivity index (χ0) is 14.5. The van der Waals surface area contributed by atoms with E-state index in [4.69, 9.17) is 11.6 Å². The molecule has 2 rings (SSSR count). The third-order valence-electron chi connectivity index (χ3n) is 2.98. The molecule has 0 bridgehead atoms. The van der Waals surface area contributed by atoms with Crippen LogP contribution in [0, 0.1) is 6.92 Å². The lowest BCUT2D eigenvalue weighted by molar-refractivity contribution is 0.781. The summed E-state index contributed by atoms with van der Waals surface area (Å²) in [5.74, 6) is 0.892. The van der Waals surface area contributed by atoms with Crippen molar-refractivity contribution in [2.45, 2.75) is 20.0 Å². The summed E-state index contributed by atoms with van der Waals surface area (Å²) >= 11 is 6.13. The summed E-state index contributed by atoms with van der Waals surface area (Å²) in [6.07, 6.45) is 0. The third-order valence-corrected chi connectivity index (χ3v) is 3.33. The van der Waals surface area contributed by atoms with E-state index < -0.39 is 0 Å². The lowest BCUT2D eigenvalue weighted by atomic mass is 10.3. The standard InChI is InChI=1S/C15H19ClN4/c1-11-5-4-6-12(18-11)10-20(3)15-8-7-13(16)14(19-15)9-17-2/h4-8,17H,9-10H2,1-3H3. The van der Waals surface area contributed by atoms with Crippen molar-refractivity contribution in [3.8, 4) is 0 Å². The smallest absolute Gasteiger partial charge is 0.129 e. The molecule has 2 heterocycles. The van der Waals surface area contributed by atoms with Crippen molar-refractivity contribution in [1.29, 1.82) is 0 Å². The average molecular weight is 291 g/mol. The van der Waals surface area contributed by atoms with Crippen LogP contribution in [0.5, 0.6) is 0 Å². The molecule has 2 aromatic heterocycles. The number of aromatic nitrogens is 2. The van der Waals surface area contributed by atoms with Crippen molar-refractivity contribution in [3.63, 3.8) is 0 Å². The molecule has 106 valence electrons. The van der Waals surface area contributed by atoms with Gasteiger partial charge in [-0.25, -0.2) is 4.98 Å². The highest BCUT2D eigenvalue weighted by Gasteiger charge is 2.08. The fourth-order valence-corrected chi connectivity index (χ4v) is 2.16. The van der Waals surface area contributed by atoms with Gasteiger partial charge >= 0.3 is 0 Å². The number of aryl methyl sites for hydroxylation is 1. The van der Waals surface area contributed by atoms with Gasteiger partial charge in [-0.1, -0.05) is 17.7 Å². The van der Waals surface area contributed by atoms with E-state index in [1.165, 1.54) is 0 Å². The third kappa shape index (κ3) is 3.68. The van der Waals surface area contributed by atoms with Crippen LogP contribution in [0.25, 0.3) is 0 Å². The molecule has 0 atom stereocenters. The first-order valence-corrected chi connectivity index (χ1v) is 6.91. The second-order valence-corrected chi connectivity index (χ2v) is 5.16. The minimum atomic E-state index is 0.656. The van der Waals surface area contributed by atoms with E-state index in [-0.39, 0.29) is 0 Å². The summed E-state index contributed by atoms with van der Waals surface area (Å²) in [5.41, 5.74) is 2.91. The van der Waals surface area contributed by atoms with Gasteiger partial charge in [0.15, 0.2) is 0 Å². The van der Waals surface area contributed by atoms with E-state index >= 15 is 0 Å². The number of anilines is 1. The predicted molar refractivity (Wildman–Crippen MR) is 83.1 cm³/mol. The van der Waals surface area contributed by atoms with Gasteiger partial charge in [0.25, 0.3) is 0 Å². The molecule has 4 nitrogen and oxygen atoms in total. The van der Waals surface area contributed by atoms with Gasteiger partial charge < -0.3 is 10.2 Å². The molecule has 0 fully saturated rings. The lowest BCUT2D eigenvalue weighted by Gasteiger charge is -2.19. The summed E-state index contributed by atoms with van der Waals surface area (Å²) in [5, 5.41) is 3.76. The average Bonchev–Trinajstić information content (AvgIpc) is 2.41. The van der Waals surface area contributed by atoms with Crippen LogP contribution in [0.2, 0.25) is 5.02 Å². The minimum Gasteiger partial charge on any atom is -0.354 e. The van der Waals surface area contributed by atoms with Crippen molar-refractivity contribution < 1.29 is 0 Å². The van der Waals surface area contributed by atoms with E-state index in [0.29, 0.717) is 11.6 Å². The normalized spacial score (nSPS) is 10.6. The van der Waals surface area contributed by atoms with Gasteiger partial charge in [0.1, 0.15) is 5.82 Å². The maximum absolute atomic E-state index is 6.13. The molecule has 0 spiro atoms. The van der Waals surface area contributed by atoms with Gasteiger partial charge in [0.2, 0.25) is 0 Å². The van der Waals surface area contributed by atoms with Crippen molar-refractivity contribution >= 4 is 17.4 Å². The van der Waals surface area contributed by atoms with Gasteiger partial charge in [-0.15, -0.1) is 0 Å². The number of nitrogens with zero attached hydrogens (tertiary/aromatic N) is 3. The molecule has 0 aromatic carbocycles. The molecule has 0 saturated carbocycles. The Morgan fingerprint density at radius 2 is 2.00 bits per heavy atom. The Balaban J connectivity index is 2.16. The first kappa shape index (κ1) is 14.8. The molecular formula is C15H19ClN4. The topological polar surface area (TPSA) is 41.1 Å². The minimum absolute atomic E-state index is 0.656. The molecule has 0 aliphatic heterocycles. The van der Waals surface area contributed by atoms with Gasteiger partial charge in [-0.05, 0) is 38.2 Å². The molecule has 1 N–H and O–H groups in total. The van der Waals surface area contributed by atoms with Crippen LogP contribution in [-0.4, -0.2) is 24.1 Å². The fourth-order valence-electron chi connectivity index (χ4n) is 1.99. The van der Waals surface area contributed by atoms with Gasteiger partial charge in [0.05, 0.1) is 23.0 Å². The van der Waals surface area contributed by atoms with Gasteiger partial charge in [0, 0.05) is 19.3 Å². The highest BCUT2D eigenvalue weighted by atomic mass is 35.5. The number of rotatable bonds is 5. The number of halogens is 1. The summed E-state index contributed by atoms with van der Waals surface area (Å²) in [4.78, 5) is 11.2. The van der Waals surface area contributed by atoms with E-state index in [2.05, 4.69) is 20.2 Å². The molecule has 5 heteroatoms. The highest BCUT2D eigenvalue weighted by molar-refractivity contribution is 6.31. The quantitative estimate of drug-likeness (QED) is 0.919. The van der Waals surface area contributed by atoms with Crippen molar-refractivity contribution in [2.24, 2.45) is 0 Å². The Bertz CT molecular complexity index is 586. The Hall–Kier alpha value is -1.65. The van der Waals surface area contributed by atoms with E-state index in [1.807, 2.05) is 51.4 Å². The largest absolute Gasteiger partial charge is 0.354 e. The van der Waals surface area contributed by atoms with Crippen LogP contribution >= 0.6 is 11.6 Å². The van der Waals surface area contributed by atoms with E-state index in [0.717, 1.165) is 29.4 Å². The van der Waals surface area contributed by atoms with E-state index in [9.17, 15) is 0 Å². The lowest BCUT2D eigenvalue weighted by Crippen LogP contribution is -2.19. The van der Waals surface area contributed by atoms with Crippen LogP contribution in [-0.2, 0) is 13.1 Å². The van der Waals surface area contributed by atoms with E-state index in [1.54, 1.807) is 0 Å². The molecule has 20 heavy (non-hydrogen) atoms. The molecular weight excluding hydrogens is 272 g/mol.